The molecule has 1 aliphatic carbocycles. The van der Waals surface area contributed by atoms with Crippen molar-refractivity contribution in [2.24, 2.45) is 11.1 Å². The van der Waals surface area contributed by atoms with Gasteiger partial charge in [-0.2, -0.15) is 0 Å². The van der Waals surface area contributed by atoms with Crippen molar-refractivity contribution in [3.8, 4) is 0 Å². The molecule has 4 amide bonds. The van der Waals surface area contributed by atoms with Gasteiger partial charge in [-0.05, 0) is 12.2 Å². The molecule has 0 aromatic rings. The summed E-state index contributed by atoms with van der Waals surface area (Å²) in [6.07, 6.45) is 9.72. The van der Waals surface area contributed by atoms with E-state index in [9.17, 15) is 9.59 Å². The van der Waals surface area contributed by atoms with Crippen LogP contribution in [0.25, 0.3) is 0 Å². The molecule has 4 N–H and O–H groups in total. The third-order valence-electron chi connectivity index (χ3n) is 2.33. The summed E-state index contributed by atoms with van der Waals surface area (Å²) in [6.45, 7) is 4.04. The smallest absolute Gasteiger partial charge is 0.335 e. The van der Waals surface area contributed by atoms with Crippen molar-refractivity contribution in [1.82, 2.24) is 10.2 Å². The fraction of sp³-hybridized carbons (Fsp3) is 0.250. The van der Waals surface area contributed by atoms with Crippen LogP contribution < -0.4 is 11.1 Å². The molecule has 0 aliphatic heterocycles. The molecule has 1 aliphatic rings. The first-order valence-corrected chi connectivity index (χ1v) is 5.35. The van der Waals surface area contributed by atoms with Crippen molar-refractivity contribution in [1.29, 1.82) is 5.41 Å². The van der Waals surface area contributed by atoms with E-state index in [1.165, 1.54) is 0 Å². The predicted octanol–water partition coefficient (Wildman–Crippen LogP) is 1.72. The molecular weight excluding hydrogens is 232 g/mol. The van der Waals surface area contributed by atoms with Crippen molar-refractivity contribution in [3.05, 3.63) is 36.1 Å². The third kappa shape index (κ3) is 3.58. The molecule has 0 unspecified atom stereocenters. The van der Waals surface area contributed by atoms with Crippen LogP contribution in [0.15, 0.2) is 36.1 Å². The van der Waals surface area contributed by atoms with E-state index < -0.39 is 12.1 Å². The van der Waals surface area contributed by atoms with E-state index in [1.54, 1.807) is 12.2 Å². The zero-order chi connectivity index (χ0) is 13.8. The Balaban J connectivity index is 2.78. The van der Waals surface area contributed by atoms with Crippen LogP contribution in [0.5, 0.6) is 0 Å². The monoisotopic (exact) mass is 248 g/mol. The summed E-state index contributed by atoms with van der Waals surface area (Å²) in [7, 11) is 0. The lowest BCUT2D eigenvalue weighted by Crippen LogP contribution is -2.44. The number of hydrogen-bond acceptors (Lipinski definition) is 3. The van der Waals surface area contributed by atoms with Gasteiger partial charge in [0, 0.05) is 11.1 Å². The normalized spacial score (nSPS) is 16.4. The average Bonchev–Trinajstić information content (AvgIpc) is 2.41. The van der Waals surface area contributed by atoms with Crippen molar-refractivity contribution >= 4 is 18.4 Å². The number of hydrogen-bond donors (Lipinski definition) is 3. The highest BCUT2D eigenvalue weighted by molar-refractivity contribution is 6.03. The molecular formula is C12H16N4O2. The maximum atomic E-state index is 11.6. The second-order valence-corrected chi connectivity index (χ2v) is 4.40. The molecule has 0 heterocycles. The SMILES string of the molecule is CC1(C)C=CC=C(NC(=O)N(C=N)C(N)=O)C=C1. The van der Waals surface area contributed by atoms with Crippen LogP contribution in [0.2, 0.25) is 0 Å². The van der Waals surface area contributed by atoms with Crippen LogP contribution in [0.3, 0.4) is 0 Å². The highest BCUT2D eigenvalue weighted by atomic mass is 16.2. The van der Waals surface area contributed by atoms with Crippen molar-refractivity contribution in [2.75, 3.05) is 0 Å². The Morgan fingerprint density at radius 2 is 2.11 bits per heavy atom. The van der Waals surface area contributed by atoms with Crippen LogP contribution in [0.4, 0.5) is 9.59 Å². The Hall–Kier alpha value is -2.37. The summed E-state index contributed by atoms with van der Waals surface area (Å²) in [4.78, 5) is 23.0. The van der Waals surface area contributed by atoms with E-state index in [0.29, 0.717) is 16.9 Å². The van der Waals surface area contributed by atoms with Gasteiger partial charge in [0.15, 0.2) is 0 Å². The number of nitrogens with zero attached hydrogens (tertiary/aromatic N) is 1. The first kappa shape index (κ1) is 13.7. The minimum absolute atomic E-state index is 0.103. The van der Waals surface area contributed by atoms with Gasteiger partial charge >= 0.3 is 12.1 Å². The Bertz CT molecular complexity index is 461. The summed E-state index contributed by atoms with van der Waals surface area (Å²) in [6, 6.07) is -1.77. The van der Waals surface area contributed by atoms with Gasteiger partial charge in [0.2, 0.25) is 0 Å². The zero-order valence-electron chi connectivity index (χ0n) is 10.3. The Kier molecular flexibility index (Phi) is 4.04. The number of carbonyl (C=O) groups is 2. The summed E-state index contributed by atoms with van der Waals surface area (Å²) in [5.41, 5.74) is 5.37. The Labute approximate surface area is 105 Å². The number of imide groups is 1. The van der Waals surface area contributed by atoms with Gasteiger partial charge in [0.05, 0.1) is 6.34 Å². The second kappa shape index (κ2) is 5.31. The minimum Gasteiger partial charge on any atom is -0.351 e. The van der Waals surface area contributed by atoms with Crippen LogP contribution in [-0.2, 0) is 0 Å². The van der Waals surface area contributed by atoms with Crippen molar-refractivity contribution in [2.45, 2.75) is 13.8 Å². The summed E-state index contributed by atoms with van der Waals surface area (Å²) < 4.78 is 0. The Morgan fingerprint density at radius 1 is 1.44 bits per heavy atom. The maximum absolute atomic E-state index is 11.6. The molecule has 0 radical (unpaired) electrons. The van der Waals surface area contributed by atoms with Crippen LogP contribution >= 0.6 is 0 Å². The van der Waals surface area contributed by atoms with E-state index in [4.69, 9.17) is 11.1 Å². The Morgan fingerprint density at radius 3 is 2.67 bits per heavy atom. The molecule has 0 aromatic carbocycles. The third-order valence-corrected chi connectivity index (χ3v) is 2.33. The molecule has 0 spiro atoms. The van der Waals surface area contributed by atoms with E-state index in [1.807, 2.05) is 32.1 Å². The first-order chi connectivity index (χ1) is 8.35. The van der Waals surface area contributed by atoms with Crippen molar-refractivity contribution in [3.63, 3.8) is 0 Å². The molecule has 0 fully saturated rings. The molecule has 0 atom stereocenters. The number of nitrogens with two attached hydrogens (primary N) is 1. The largest absolute Gasteiger partial charge is 0.351 e. The van der Waals surface area contributed by atoms with Gasteiger partial charge in [-0.3, -0.25) is 5.41 Å². The molecule has 0 saturated heterocycles. The first-order valence-electron chi connectivity index (χ1n) is 5.35. The highest BCUT2D eigenvalue weighted by Crippen LogP contribution is 2.21. The van der Waals surface area contributed by atoms with Gasteiger partial charge in [-0.15, -0.1) is 0 Å². The van der Waals surface area contributed by atoms with E-state index in [0.717, 1.165) is 0 Å². The van der Waals surface area contributed by atoms with Gasteiger partial charge < -0.3 is 11.1 Å². The molecule has 1 rings (SSSR count). The summed E-state index contributed by atoms with van der Waals surface area (Å²) in [5, 5.41) is 9.42. The minimum atomic E-state index is -1.00. The van der Waals surface area contributed by atoms with E-state index in [-0.39, 0.29) is 5.41 Å². The van der Waals surface area contributed by atoms with E-state index >= 15 is 0 Å². The molecule has 6 nitrogen and oxygen atoms in total. The second-order valence-electron chi connectivity index (χ2n) is 4.40. The van der Waals surface area contributed by atoms with Gasteiger partial charge in [0.1, 0.15) is 0 Å². The van der Waals surface area contributed by atoms with Gasteiger partial charge in [0.25, 0.3) is 0 Å². The maximum Gasteiger partial charge on any atom is 0.335 e. The van der Waals surface area contributed by atoms with Gasteiger partial charge in [-0.25, -0.2) is 14.5 Å². The van der Waals surface area contributed by atoms with Crippen LogP contribution in [0, 0.1) is 10.8 Å². The fourth-order valence-electron chi connectivity index (χ4n) is 1.30. The summed E-state index contributed by atoms with van der Waals surface area (Å²) >= 11 is 0. The number of nitrogens with one attached hydrogen (secondary N) is 2. The lowest BCUT2D eigenvalue weighted by atomic mass is 9.93. The van der Waals surface area contributed by atoms with Crippen LogP contribution in [0.1, 0.15) is 13.8 Å². The van der Waals surface area contributed by atoms with Crippen molar-refractivity contribution < 1.29 is 9.59 Å². The molecule has 6 heteroatoms. The lowest BCUT2D eigenvalue weighted by molar-refractivity contribution is 0.213. The fourth-order valence-corrected chi connectivity index (χ4v) is 1.30. The van der Waals surface area contributed by atoms with E-state index in [2.05, 4.69) is 5.32 Å². The predicted molar refractivity (Wildman–Crippen MR) is 68.9 cm³/mol. The standard InChI is InChI=1S/C12H16N4O2/c1-12(2)6-3-4-9(5-7-12)15-11(18)16(8-13)10(14)17/h3-8,13H,1-2H3,(H2,14,17)(H,15,18). The molecule has 0 aromatic heterocycles. The molecule has 96 valence electrons. The quantitative estimate of drug-likeness (QED) is 0.512. The zero-order valence-corrected chi connectivity index (χ0v) is 10.3. The average molecular weight is 248 g/mol. The number of amides is 4. The lowest BCUT2D eigenvalue weighted by Gasteiger charge is -2.14. The number of carbonyl (C=O) groups excluding carboxylic acids is 2. The van der Waals surface area contributed by atoms with Crippen LogP contribution in [-0.4, -0.2) is 23.3 Å². The number of rotatable bonds is 2. The summed E-state index contributed by atoms with van der Waals surface area (Å²) in [5.74, 6) is 0. The molecule has 0 saturated carbocycles. The number of urea groups is 2. The molecule has 0 bridgehead atoms. The number of primary amides is 1. The number of allylic oxidation sites excluding steroid dienone is 5. The highest BCUT2D eigenvalue weighted by Gasteiger charge is 2.17. The van der Waals surface area contributed by atoms with Gasteiger partial charge in [-0.1, -0.05) is 32.1 Å². The molecule has 18 heavy (non-hydrogen) atoms. The topological polar surface area (TPSA) is 99.3 Å².